The molecule has 33 heavy (non-hydrogen) atoms. The third-order valence-corrected chi connectivity index (χ3v) is 8.61. The van der Waals surface area contributed by atoms with Gasteiger partial charge in [-0.1, -0.05) is 41.4 Å². The molecule has 2 aliphatic heterocycles. The monoisotopic (exact) mass is 512 g/mol. The van der Waals surface area contributed by atoms with E-state index in [0.717, 1.165) is 25.9 Å². The summed E-state index contributed by atoms with van der Waals surface area (Å²) in [7, 11) is -4.09. The Balaban J connectivity index is 1.53. The van der Waals surface area contributed by atoms with Gasteiger partial charge >= 0.3 is 6.03 Å². The minimum absolute atomic E-state index is 0.0415. The number of quaternary nitrogens is 1. The zero-order chi connectivity index (χ0) is 23.5. The number of sulfonamides is 1. The number of amides is 2. The molecule has 2 aromatic carbocycles. The third-order valence-electron chi connectivity index (χ3n) is 6.56. The molecule has 2 saturated heterocycles. The van der Waals surface area contributed by atoms with E-state index in [1.807, 2.05) is 12.1 Å². The molecule has 2 heterocycles. The van der Waals surface area contributed by atoms with E-state index in [4.69, 9.17) is 27.9 Å². The lowest BCUT2D eigenvalue weighted by Gasteiger charge is -2.47. The number of halogens is 2. The highest BCUT2D eigenvalue weighted by atomic mass is 35.5. The second-order valence-electron chi connectivity index (χ2n) is 8.58. The maximum atomic E-state index is 13.6. The van der Waals surface area contributed by atoms with E-state index >= 15 is 0 Å². The number of nitrogens with zero attached hydrogens (tertiary/aromatic N) is 1. The number of ether oxygens (including phenoxy) is 1. The largest absolute Gasteiger partial charge is 0.490 e. The first-order valence-corrected chi connectivity index (χ1v) is 13.4. The van der Waals surface area contributed by atoms with Crippen LogP contribution in [-0.2, 0) is 10.0 Å². The van der Waals surface area contributed by atoms with Gasteiger partial charge in [0.2, 0.25) is 0 Å². The number of likely N-dealkylation sites (tertiary alicyclic amines) is 1. The number of carbonyl (C=O) groups excluding carboxylic acids is 1. The van der Waals surface area contributed by atoms with Crippen LogP contribution in [0.4, 0.5) is 4.79 Å². The molecule has 0 aromatic heterocycles. The Morgan fingerprint density at radius 2 is 1.70 bits per heavy atom. The van der Waals surface area contributed by atoms with Crippen molar-refractivity contribution in [2.75, 3.05) is 26.2 Å². The summed E-state index contributed by atoms with van der Waals surface area (Å²) in [5.74, 6) is 0.695. The molecule has 7 nitrogen and oxygen atoms in total. The maximum Gasteiger partial charge on any atom is 0.430 e. The smallest absolute Gasteiger partial charge is 0.430 e. The molecule has 2 aromatic rings. The van der Waals surface area contributed by atoms with E-state index < -0.39 is 16.1 Å². The minimum Gasteiger partial charge on any atom is -0.490 e. The van der Waals surface area contributed by atoms with E-state index in [0.29, 0.717) is 36.7 Å². The van der Waals surface area contributed by atoms with Gasteiger partial charge in [0.25, 0.3) is 10.0 Å². The number of carbonyl (C=O) groups is 1. The van der Waals surface area contributed by atoms with Gasteiger partial charge in [0.05, 0.1) is 24.2 Å². The van der Waals surface area contributed by atoms with Gasteiger partial charge in [-0.25, -0.2) is 17.7 Å². The predicted octanol–water partition coefficient (Wildman–Crippen LogP) is 4.20. The lowest BCUT2D eigenvalue weighted by atomic mass is 9.96. The SMILES string of the molecule is O=C(NS(=O)(=O)c1ccccc1Cl)[N+]1(C2CCNCC2)CCC(Oc2cccc(Cl)c2)CC1. The molecule has 0 saturated carbocycles. The van der Waals surface area contributed by atoms with Crippen LogP contribution in [0.2, 0.25) is 10.0 Å². The first-order chi connectivity index (χ1) is 15.8. The molecule has 2 aliphatic rings. The molecule has 0 atom stereocenters. The summed E-state index contributed by atoms with van der Waals surface area (Å²) in [5.41, 5.74) is 0. The van der Waals surface area contributed by atoms with Gasteiger partial charge in [0.1, 0.15) is 16.7 Å². The number of hydrogen-bond acceptors (Lipinski definition) is 5. The summed E-state index contributed by atoms with van der Waals surface area (Å²) in [5, 5.41) is 4.01. The zero-order valence-electron chi connectivity index (χ0n) is 18.2. The highest BCUT2D eigenvalue weighted by Crippen LogP contribution is 2.31. The lowest BCUT2D eigenvalue weighted by molar-refractivity contribution is -0.882. The summed E-state index contributed by atoms with van der Waals surface area (Å²) >= 11 is 12.2. The Bertz CT molecular complexity index is 1100. The minimum atomic E-state index is -4.09. The van der Waals surface area contributed by atoms with Crippen molar-refractivity contribution in [2.45, 2.75) is 42.7 Å². The number of urea groups is 1. The van der Waals surface area contributed by atoms with Gasteiger partial charge in [0, 0.05) is 43.8 Å². The van der Waals surface area contributed by atoms with Crippen LogP contribution in [0.25, 0.3) is 0 Å². The average molecular weight is 513 g/mol. The Labute approximate surface area is 204 Å². The van der Waals surface area contributed by atoms with Crippen molar-refractivity contribution in [3.05, 3.63) is 58.6 Å². The number of nitrogens with one attached hydrogen (secondary N) is 2. The van der Waals surface area contributed by atoms with Crippen LogP contribution in [0.15, 0.2) is 53.4 Å². The van der Waals surface area contributed by atoms with E-state index in [2.05, 4.69) is 10.0 Å². The van der Waals surface area contributed by atoms with Crippen molar-refractivity contribution in [1.82, 2.24) is 10.0 Å². The van der Waals surface area contributed by atoms with Crippen LogP contribution >= 0.6 is 23.2 Å². The van der Waals surface area contributed by atoms with Gasteiger partial charge in [-0.3, -0.25) is 0 Å². The fourth-order valence-electron chi connectivity index (χ4n) is 4.81. The number of rotatable bonds is 5. The molecule has 4 rings (SSSR count). The van der Waals surface area contributed by atoms with Gasteiger partial charge in [-0.05, 0) is 30.3 Å². The van der Waals surface area contributed by atoms with Crippen molar-refractivity contribution in [3.8, 4) is 5.75 Å². The molecule has 178 valence electrons. The van der Waals surface area contributed by atoms with Crippen LogP contribution in [0.1, 0.15) is 25.7 Å². The van der Waals surface area contributed by atoms with Crippen molar-refractivity contribution >= 4 is 39.3 Å². The molecular weight excluding hydrogens is 485 g/mol. The normalized spacial score (nSPS) is 24.2. The number of piperidine rings is 2. The standard InChI is InChI=1S/C23H27Cl2N3O4S/c24-17-4-3-5-20(16-17)32-19-10-14-28(15-11-19,18-8-12-26-13-9-18)23(29)27-33(30,31)22-7-2-1-6-21(22)25/h1-7,16,18-19,26H,8-15H2/p+1. The number of hydrogen-bond donors (Lipinski definition) is 2. The molecular formula is C23H28Cl2N3O4S+. The van der Waals surface area contributed by atoms with Gasteiger partial charge in [0.15, 0.2) is 0 Å². The van der Waals surface area contributed by atoms with Crippen molar-refractivity contribution in [2.24, 2.45) is 0 Å². The number of benzene rings is 2. The predicted molar refractivity (Wildman–Crippen MR) is 128 cm³/mol. The molecule has 0 bridgehead atoms. The van der Waals surface area contributed by atoms with Crippen LogP contribution < -0.4 is 14.8 Å². The van der Waals surface area contributed by atoms with Crippen molar-refractivity contribution in [3.63, 3.8) is 0 Å². The highest BCUT2D eigenvalue weighted by molar-refractivity contribution is 7.90. The summed E-state index contributed by atoms with van der Waals surface area (Å²) < 4.78 is 34.5. The molecule has 0 spiro atoms. The Morgan fingerprint density at radius 1 is 1.00 bits per heavy atom. The lowest BCUT2D eigenvalue weighted by Crippen LogP contribution is -2.68. The molecule has 2 fully saturated rings. The van der Waals surface area contributed by atoms with Gasteiger partial charge in [-0.15, -0.1) is 0 Å². The van der Waals surface area contributed by atoms with Crippen LogP contribution in [-0.4, -0.2) is 57.3 Å². The van der Waals surface area contributed by atoms with Crippen LogP contribution in [0.3, 0.4) is 0 Å². The summed E-state index contributed by atoms with van der Waals surface area (Å²) in [6.45, 7) is 2.61. The topological polar surface area (TPSA) is 84.5 Å². The van der Waals surface area contributed by atoms with Gasteiger partial charge in [-0.2, -0.15) is 4.72 Å². The molecule has 0 unspecified atom stereocenters. The fourth-order valence-corrected chi connectivity index (χ4v) is 6.54. The third kappa shape index (κ3) is 5.46. The summed E-state index contributed by atoms with van der Waals surface area (Å²) in [4.78, 5) is 13.5. The zero-order valence-corrected chi connectivity index (χ0v) is 20.5. The van der Waals surface area contributed by atoms with E-state index in [-0.39, 0.29) is 26.5 Å². The van der Waals surface area contributed by atoms with Gasteiger partial charge < -0.3 is 10.1 Å². The molecule has 10 heteroatoms. The van der Waals surface area contributed by atoms with Crippen LogP contribution in [0.5, 0.6) is 5.75 Å². The molecule has 0 radical (unpaired) electrons. The summed E-state index contributed by atoms with van der Waals surface area (Å²) in [6.07, 6.45) is 2.81. The maximum absolute atomic E-state index is 13.6. The van der Waals surface area contributed by atoms with E-state index in [1.165, 1.54) is 12.1 Å². The quantitative estimate of drug-likeness (QED) is 0.586. The molecule has 0 aliphatic carbocycles. The van der Waals surface area contributed by atoms with E-state index in [9.17, 15) is 13.2 Å². The fraction of sp³-hybridized carbons (Fsp3) is 0.435. The van der Waals surface area contributed by atoms with Crippen molar-refractivity contribution in [1.29, 1.82) is 0 Å². The van der Waals surface area contributed by atoms with Crippen molar-refractivity contribution < 1.29 is 22.4 Å². The first-order valence-electron chi connectivity index (χ1n) is 11.1. The molecule has 2 amide bonds. The highest BCUT2D eigenvalue weighted by Gasteiger charge is 2.49. The van der Waals surface area contributed by atoms with E-state index in [1.54, 1.807) is 24.3 Å². The second-order valence-corrected chi connectivity index (χ2v) is 11.1. The average Bonchev–Trinajstić information content (AvgIpc) is 2.80. The Morgan fingerprint density at radius 3 is 2.36 bits per heavy atom. The Kier molecular flexibility index (Phi) is 7.50. The summed E-state index contributed by atoms with van der Waals surface area (Å²) in [6, 6.07) is 12.9. The Hall–Kier alpha value is -1.84. The van der Waals surface area contributed by atoms with Crippen LogP contribution in [0, 0.1) is 0 Å². The molecule has 2 N–H and O–H groups in total. The first kappa shape index (κ1) is 24.3. The second kappa shape index (κ2) is 10.2.